The summed E-state index contributed by atoms with van der Waals surface area (Å²) in [7, 11) is 0. The zero-order valence-corrected chi connectivity index (χ0v) is 37.9. The van der Waals surface area contributed by atoms with Gasteiger partial charge in [-0.15, -0.1) is 0 Å². The Morgan fingerprint density at radius 3 is 1.40 bits per heavy atom. The van der Waals surface area contributed by atoms with E-state index in [4.69, 9.17) is 9.47 Å². The van der Waals surface area contributed by atoms with Crippen LogP contribution in [-0.2, 0) is 9.47 Å². The monoisotopic (exact) mass is 814 g/mol. The molecule has 14 unspecified atom stereocenters. The molecule has 9 saturated carbocycles. The van der Waals surface area contributed by atoms with Crippen molar-refractivity contribution in [2.24, 2.45) is 71.0 Å². The van der Waals surface area contributed by atoms with Gasteiger partial charge in [0, 0.05) is 34.5 Å². The fourth-order valence-corrected chi connectivity index (χ4v) is 22.1. The van der Waals surface area contributed by atoms with Gasteiger partial charge in [-0.25, -0.2) is 0 Å². The van der Waals surface area contributed by atoms with Gasteiger partial charge in [-0.2, -0.15) is 11.8 Å². The SMILES string of the molecule is C1CCC(C2CCC(N(C3CCC(C4CCCC5C6CCC7OC8CCCCC8C7C6SC45)CC3)C3CCC(C4CCCC5OC6CCCCC6C54)CC3)CC2)CC1. The first-order valence-corrected chi connectivity index (χ1v) is 28.4. The molecule has 58 heavy (non-hydrogen) atoms. The van der Waals surface area contributed by atoms with E-state index in [1.165, 1.54) is 141 Å². The van der Waals surface area contributed by atoms with Crippen LogP contribution in [0.4, 0.5) is 0 Å². The molecule has 9 aliphatic carbocycles. The van der Waals surface area contributed by atoms with Crippen molar-refractivity contribution < 1.29 is 9.47 Å². The third-order valence-corrected chi connectivity index (χ3v) is 24.0. The van der Waals surface area contributed by atoms with Crippen LogP contribution < -0.4 is 0 Å². The Balaban J connectivity index is 0.721. The van der Waals surface area contributed by atoms with Gasteiger partial charge in [-0.3, -0.25) is 4.90 Å². The largest absolute Gasteiger partial charge is 0.374 e. The summed E-state index contributed by atoms with van der Waals surface area (Å²) in [4.78, 5) is 3.37. The highest BCUT2D eigenvalue weighted by molar-refractivity contribution is 8.00. The predicted molar refractivity (Wildman–Crippen MR) is 240 cm³/mol. The third kappa shape index (κ3) is 7.31. The summed E-state index contributed by atoms with van der Waals surface area (Å²) in [6.07, 6.45) is 52.1. The van der Waals surface area contributed by atoms with Crippen LogP contribution in [0.15, 0.2) is 0 Å². The van der Waals surface area contributed by atoms with Gasteiger partial charge >= 0.3 is 0 Å². The lowest BCUT2D eigenvalue weighted by molar-refractivity contribution is -0.0274. The van der Waals surface area contributed by atoms with E-state index in [0.29, 0.717) is 24.4 Å². The van der Waals surface area contributed by atoms with Crippen LogP contribution in [0.2, 0.25) is 0 Å². The Morgan fingerprint density at radius 2 is 0.724 bits per heavy atom. The third-order valence-electron chi connectivity index (χ3n) is 22.0. The van der Waals surface area contributed by atoms with Gasteiger partial charge in [0.15, 0.2) is 0 Å². The summed E-state index contributed by atoms with van der Waals surface area (Å²) < 4.78 is 13.8. The molecule has 12 fully saturated rings. The Morgan fingerprint density at radius 1 is 0.276 bits per heavy atom. The van der Waals surface area contributed by atoms with Crippen molar-refractivity contribution in [3.8, 4) is 0 Å². The van der Waals surface area contributed by atoms with E-state index < -0.39 is 0 Å². The van der Waals surface area contributed by atoms with Crippen molar-refractivity contribution in [1.82, 2.24) is 4.90 Å². The number of nitrogens with zero attached hydrogens (tertiary/aromatic N) is 1. The van der Waals surface area contributed by atoms with E-state index in [-0.39, 0.29) is 0 Å². The van der Waals surface area contributed by atoms with E-state index >= 15 is 0 Å². The van der Waals surface area contributed by atoms with Crippen molar-refractivity contribution in [3.05, 3.63) is 0 Å². The molecule has 12 rings (SSSR count). The van der Waals surface area contributed by atoms with E-state index in [2.05, 4.69) is 16.7 Å². The van der Waals surface area contributed by atoms with Gasteiger partial charge in [0.25, 0.3) is 0 Å². The van der Waals surface area contributed by atoms with Crippen molar-refractivity contribution in [1.29, 1.82) is 0 Å². The average molecular weight is 814 g/mol. The van der Waals surface area contributed by atoms with Crippen molar-refractivity contribution in [2.75, 3.05) is 0 Å². The maximum absolute atomic E-state index is 6.89. The molecular formula is C54H87NO2S. The van der Waals surface area contributed by atoms with Crippen LogP contribution in [0.5, 0.6) is 0 Å². The first kappa shape index (κ1) is 39.8. The molecule has 3 nitrogen and oxygen atoms in total. The molecule has 3 heterocycles. The van der Waals surface area contributed by atoms with Crippen LogP contribution in [0.1, 0.15) is 212 Å². The Hall–Kier alpha value is 0.230. The van der Waals surface area contributed by atoms with E-state index in [9.17, 15) is 0 Å². The van der Waals surface area contributed by atoms with Gasteiger partial charge in [-0.05, 0) is 206 Å². The molecule has 0 spiro atoms. The van der Waals surface area contributed by atoms with Gasteiger partial charge < -0.3 is 9.47 Å². The molecule has 0 radical (unpaired) electrons. The van der Waals surface area contributed by atoms with E-state index in [0.717, 1.165) is 99.6 Å². The summed E-state index contributed by atoms with van der Waals surface area (Å²) in [6, 6.07) is 2.66. The van der Waals surface area contributed by atoms with Crippen LogP contribution >= 0.6 is 11.8 Å². The molecule has 0 aromatic heterocycles. The summed E-state index contributed by atoms with van der Waals surface area (Å²) in [6.45, 7) is 0. The van der Waals surface area contributed by atoms with E-state index in [1.807, 2.05) is 0 Å². The molecule has 326 valence electrons. The summed E-state index contributed by atoms with van der Waals surface area (Å²) in [5.41, 5.74) is 0. The second kappa shape index (κ2) is 17.3. The highest BCUT2D eigenvalue weighted by atomic mass is 32.2. The second-order valence-corrected chi connectivity index (χ2v) is 25.5. The zero-order chi connectivity index (χ0) is 38.2. The maximum Gasteiger partial charge on any atom is 0.0621 e. The maximum atomic E-state index is 6.89. The zero-order valence-electron chi connectivity index (χ0n) is 37.1. The second-order valence-electron chi connectivity index (χ2n) is 24.2. The molecule has 0 bridgehead atoms. The molecule has 0 aromatic carbocycles. The molecular weight excluding hydrogens is 727 g/mol. The molecule has 3 saturated heterocycles. The number of hydrogen-bond donors (Lipinski definition) is 0. The van der Waals surface area contributed by atoms with Crippen molar-refractivity contribution >= 4 is 11.8 Å². The summed E-state index contributed by atoms with van der Waals surface area (Å²) in [5.74, 6) is 11.9. The number of rotatable bonds is 6. The lowest BCUT2D eigenvalue weighted by Gasteiger charge is -2.52. The Bertz CT molecular complexity index is 1360. The smallest absolute Gasteiger partial charge is 0.0621 e. The molecule has 0 aromatic rings. The minimum absolute atomic E-state index is 0.621. The van der Waals surface area contributed by atoms with Crippen LogP contribution in [0, 0.1) is 71.0 Å². The first-order chi connectivity index (χ1) is 28.7. The molecule has 3 aliphatic heterocycles. The highest BCUT2D eigenvalue weighted by Crippen LogP contribution is 2.64. The average Bonchev–Trinajstić information content (AvgIpc) is 3.99. The number of fused-ring (bicyclic) bond motifs is 10. The quantitative estimate of drug-likeness (QED) is 0.266. The minimum Gasteiger partial charge on any atom is -0.374 e. The van der Waals surface area contributed by atoms with Gasteiger partial charge in [-0.1, -0.05) is 70.6 Å². The molecule has 14 atom stereocenters. The molecule has 0 N–H and O–H groups in total. The van der Waals surface area contributed by atoms with Crippen LogP contribution in [0.3, 0.4) is 0 Å². The number of hydrogen-bond acceptors (Lipinski definition) is 4. The summed E-state index contributed by atoms with van der Waals surface area (Å²) >= 11 is 2.60. The topological polar surface area (TPSA) is 21.7 Å². The predicted octanol–water partition coefficient (Wildman–Crippen LogP) is 13.8. The standard InChI is InChI=1S/C54H87NO2S/c1-2-10-34(11-3-1)35-20-26-38(27-21-35)55(39-28-22-36(23-29-39)41-14-9-19-49-51(41)45-12-4-6-17-47(45)56-49)40-30-24-37(25-31-40)42-15-8-16-43-44-32-33-50-52(54(44)58-53(42)43)46-13-5-7-18-48(46)57-50/h34-54H,1-33H2. The first-order valence-electron chi connectivity index (χ1n) is 27.5. The van der Waals surface area contributed by atoms with Gasteiger partial charge in [0.2, 0.25) is 0 Å². The van der Waals surface area contributed by atoms with E-state index in [1.54, 1.807) is 70.6 Å². The number of ether oxygens (including phenoxy) is 2. The summed E-state index contributed by atoms with van der Waals surface area (Å²) in [5, 5.41) is 1.93. The van der Waals surface area contributed by atoms with Crippen LogP contribution in [0.25, 0.3) is 0 Å². The molecule has 12 aliphatic rings. The highest BCUT2D eigenvalue weighted by Gasteiger charge is 2.60. The fourth-order valence-electron chi connectivity index (χ4n) is 19.6. The Labute approximate surface area is 360 Å². The van der Waals surface area contributed by atoms with Gasteiger partial charge in [0.05, 0.1) is 24.4 Å². The van der Waals surface area contributed by atoms with Crippen molar-refractivity contribution in [2.45, 2.75) is 265 Å². The lowest BCUT2D eigenvalue weighted by atomic mass is 9.61. The normalized spacial score (nSPS) is 53.5. The minimum atomic E-state index is 0.621. The lowest BCUT2D eigenvalue weighted by Crippen LogP contribution is -2.53. The number of thioether (sulfide) groups is 1. The Kier molecular flexibility index (Phi) is 11.9. The van der Waals surface area contributed by atoms with Crippen LogP contribution in [-0.4, -0.2) is 57.9 Å². The van der Waals surface area contributed by atoms with Gasteiger partial charge in [0.1, 0.15) is 0 Å². The fraction of sp³-hybridized carbons (Fsp3) is 1.00. The molecule has 4 heteroatoms. The van der Waals surface area contributed by atoms with Crippen molar-refractivity contribution in [3.63, 3.8) is 0 Å². The molecule has 0 amide bonds.